The van der Waals surface area contributed by atoms with Crippen molar-refractivity contribution >= 4 is 0 Å². The molecule has 1 heterocycles. The highest BCUT2D eigenvalue weighted by Crippen LogP contribution is 2.09. The lowest BCUT2D eigenvalue weighted by molar-refractivity contribution is 0.106. The first-order valence-electron chi connectivity index (χ1n) is 6.74. The average Bonchev–Trinajstić information content (AvgIpc) is 2.78. The van der Waals surface area contributed by atoms with Gasteiger partial charge in [0, 0.05) is 24.3 Å². The van der Waals surface area contributed by atoms with Gasteiger partial charge in [-0.3, -0.25) is 5.10 Å². The summed E-state index contributed by atoms with van der Waals surface area (Å²) < 4.78 is 5.49. The maximum Gasteiger partial charge on any atom is 0.119 e. The average molecular weight is 275 g/mol. The highest BCUT2D eigenvalue weighted by Gasteiger charge is 2.08. The first kappa shape index (κ1) is 14.6. The van der Waals surface area contributed by atoms with Crippen LogP contribution in [-0.4, -0.2) is 34.6 Å². The van der Waals surface area contributed by atoms with Gasteiger partial charge in [-0.05, 0) is 26.0 Å². The van der Waals surface area contributed by atoms with Crippen molar-refractivity contribution in [3.63, 3.8) is 0 Å². The van der Waals surface area contributed by atoms with Crippen LogP contribution in [0.5, 0.6) is 5.75 Å². The Morgan fingerprint density at radius 3 is 2.70 bits per heavy atom. The Morgan fingerprint density at radius 1 is 1.30 bits per heavy atom. The predicted octanol–water partition coefficient (Wildman–Crippen LogP) is 1.56. The van der Waals surface area contributed by atoms with Crippen molar-refractivity contribution < 1.29 is 9.84 Å². The van der Waals surface area contributed by atoms with Crippen LogP contribution in [0, 0.1) is 13.8 Å². The molecule has 0 aliphatic heterocycles. The second kappa shape index (κ2) is 7.07. The largest absolute Gasteiger partial charge is 0.491 e. The molecular weight excluding hydrogens is 254 g/mol. The molecule has 0 bridgehead atoms. The number of hydrogen-bond acceptors (Lipinski definition) is 4. The van der Waals surface area contributed by atoms with Crippen LogP contribution >= 0.6 is 0 Å². The lowest BCUT2D eigenvalue weighted by atomic mass is 10.2. The van der Waals surface area contributed by atoms with Crippen molar-refractivity contribution in [2.24, 2.45) is 0 Å². The maximum atomic E-state index is 9.87. The van der Waals surface area contributed by atoms with Crippen LogP contribution in [-0.2, 0) is 6.54 Å². The van der Waals surface area contributed by atoms with Gasteiger partial charge in [0.25, 0.3) is 0 Å². The van der Waals surface area contributed by atoms with Gasteiger partial charge in [-0.1, -0.05) is 18.2 Å². The van der Waals surface area contributed by atoms with Crippen molar-refractivity contribution in [2.45, 2.75) is 26.5 Å². The van der Waals surface area contributed by atoms with E-state index in [1.54, 1.807) is 0 Å². The molecule has 1 aromatic heterocycles. The first-order chi connectivity index (χ1) is 9.66. The number of aromatic amines is 1. The number of rotatable bonds is 7. The van der Waals surface area contributed by atoms with Crippen LogP contribution in [0.1, 0.15) is 17.0 Å². The minimum Gasteiger partial charge on any atom is -0.491 e. The van der Waals surface area contributed by atoms with Gasteiger partial charge in [-0.15, -0.1) is 0 Å². The molecule has 0 radical (unpaired) electrons. The zero-order valence-electron chi connectivity index (χ0n) is 11.9. The van der Waals surface area contributed by atoms with E-state index in [4.69, 9.17) is 4.74 Å². The van der Waals surface area contributed by atoms with Gasteiger partial charge >= 0.3 is 0 Å². The van der Waals surface area contributed by atoms with E-state index in [2.05, 4.69) is 15.5 Å². The standard InChI is InChI=1S/C15H21N3O2/c1-11-15(12(2)18-17-11)9-16-8-13(19)10-20-14-6-4-3-5-7-14/h3-7,13,16,19H,8-10H2,1-2H3,(H,17,18). The molecule has 5 heteroatoms. The van der Waals surface area contributed by atoms with Gasteiger partial charge in [-0.25, -0.2) is 0 Å². The highest BCUT2D eigenvalue weighted by molar-refractivity contribution is 5.23. The Kier molecular flexibility index (Phi) is 5.15. The minimum atomic E-state index is -0.539. The quantitative estimate of drug-likeness (QED) is 0.717. The fourth-order valence-electron chi connectivity index (χ4n) is 1.97. The number of nitrogens with zero attached hydrogens (tertiary/aromatic N) is 1. The summed E-state index contributed by atoms with van der Waals surface area (Å²) in [5, 5.41) is 20.2. The summed E-state index contributed by atoms with van der Waals surface area (Å²) in [6, 6.07) is 9.49. The molecule has 0 fully saturated rings. The van der Waals surface area contributed by atoms with E-state index in [1.807, 2.05) is 44.2 Å². The Balaban J connectivity index is 1.69. The van der Waals surface area contributed by atoms with Crippen molar-refractivity contribution in [1.29, 1.82) is 0 Å². The van der Waals surface area contributed by atoms with Gasteiger partial charge in [-0.2, -0.15) is 5.10 Å². The monoisotopic (exact) mass is 275 g/mol. The van der Waals surface area contributed by atoms with E-state index in [0.29, 0.717) is 13.1 Å². The second-order valence-electron chi connectivity index (χ2n) is 4.82. The molecule has 1 atom stereocenters. The molecule has 108 valence electrons. The molecule has 0 amide bonds. The van der Waals surface area contributed by atoms with E-state index in [0.717, 1.165) is 22.7 Å². The van der Waals surface area contributed by atoms with Crippen LogP contribution in [0.2, 0.25) is 0 Å². The van der Waals surface area contributed by atoms with Crippen LogP contribution in [0.15, 0.2) is 30.3 Å². The lowest BCUT2D eigenvalue weighted by Crippen LogP contribution is -2.31. The molecule has 0 aliphatic carbocycles. The molecule has 0 saturated heterocycles. The van der Waals surface area contributed by atoms with Crippen molar-refractivity contribution in [1.82, 2.24) is 15.5 Å². The molecular formula is C15H21N3O2. The summed E-state index contributed by atoms with van der Waals surface area (Å²) in [5.74, 6) is 0.771. The van der Waals surface area contributed by atoms with E-state index in [9.17, 15) is 5.11 Å². The number of aliphatic hydroxyl groups excluding tert-OH is 1. The topological polar surface area (TPSA) is 70.2 Å². The summed E-state index contributed by atoms with van der Waals surface area (Å²) in [7, 11) is 0. The zero-order chi connectivity index (χ0) is 14.4. The Hall–Kier alpha value is -1.85. The van der Waals surface area contributed by atoms with Crippen LogP contribution in [0.4, 0.5) is 0 Å². The van der Waals surface area contributed by atoms with E-state index < -0.39 is 6.10 Å². The maximum absolute atomic E-state index is 9.87. The summed E-state index contributed by atoms with van der Waals surface area (Å²) in [4.78, 5) is 0. The van der Waals surface area contributed by atoms with Gasteiger partial charge in [0.05, 0.1) is 5.69 Å². The Bertz CT molecular complexity index is 506. The number of aliphatic hydroxyl groups is 1. The molecule has 0 aliphatic rings. The van der Waals surface area contributed by atoms with Crippen LogP contribution in [0.25, 0.3) is 0 Å². The summed E-state index contributed by atoms with van der Waals surface area (Å²) >= 11 is 0. The molecule has 1 unspecified atom stereocenters. The Morgan fingerprint density at radius 2 is 2.05 bits per heavy atom. The van der Waals surface area contributed by atoms with E-state index in [-0.39, 0.29) is 6.61 Å². The van der Waals surface area contributed by atoms with Crippen molar-refractivity contribution in [3.8, 4) is 5.75 Å². The third-order valence-electron chi connectivity index (χ3n) is 3.15. The molecule has 3 N–H and O–H groups in total. The lowest BCUT2D eigenvalue weighted by Gasteiger charge is -2.13. The smallest absolute Gasteiger partial charge is 0.119 e. The second-order valence-corrected chi connectivity index (χ2v) is 4.82. The molecule has 2 rings (SSSR count). The van der Waals surface area contributed by atoms with E-state index in [1.165, 1.54) is 0 Å². The number of aryl methyl sites for hydroxylation is 2. The SMILES string of the molecule is Cc1n[nH]c(C)c1CNCC(O)COc1ccccc1. The normalized spacial score (nSPS) is 12.3. The molecule has 20 heavy (non-hydrogen) atoms. The van der Waals surface area contributed by atoms with Gasteiger partial charge in [0.2, 0.25) is 0 Å². The number of benzene rings is 1. The third kappa shape index (κ3) is 4.08. The summed E-state index contributed by atoms with van der Waals surface area (Å²) in [6.07, 6.45) is -0.539. The molecule has 2 aromatic rings. The fraction of sp³-hybridized carbons (Fsp3) is 0.400. The number of para-hydroxylation sites is 1. The van der Waals surface area contributed by atoms with Gasteiger partial charge < -0.3 is 15.2 Å². The van der Waals surface area contributed by atoms with Crippen molar-refractivity contribution in [2.75, 3.05) is 13.2 Å². The number of H-pyrrole nitrogens is 1. The van der Waals surface area contributed by atoms with Crippen LogP contribution < -0.4 is 10.1 Å². The number of aromatic nitrogens is 2. The van der Waals surface area contributed by atoms with Crippen LogP contribution in [0.3, 0.4) is 0 Å². The van der Waals surface area contributed by atoms with E-state index >= 15 is 0 Å². The number of hydrogen-bond donors (Lipinski definition) is 3. The zero-order valence-corrected chi connectivity index (χ0v) is 11.9. The Labute approximate surface area is 119 Å². The summed E-state index contributed by atoms with van der Waals surface area (Å²) in [6.45, 7) is 5.41. The molecule has 1 aromatic carbocycles. The van der Waals surface area contributed by atoms with Crippen molar-refractivity contribution in [3.05, 3.63) is 47.3 Å². The number of ether oxygens (including phenoxy) is 1. The van der Waals surface area contributed by atoms with Gasteiger partial charge in [0.15, 0.2) is 0 Å². The fourth-order valence-corrected chi connectivity index (χ4v) is 1.97. The molecule has 0 spiro atoms. The number of nitrogens with one attached hydrogen (secondary N) is 2. The first-order valence-corrected chi connectivity index (χ1v) is 6.74. The predicted molar refractivity (Wildman–Crippen MR) is 77.7 cm³/mol. The summed E-state index contributed by atoms with van der Waals surface area (Å²) in [5.41, 5.74) is 3.20. The highest BCUT2D eigenvalue weighted by atomic mass is 16.5. The molecule has 5 nitrogen and oxygen atoms in total. The minimum absolute atomic E-state index is 0.278. The molecule has 0 saturated carbocycles. The third-order valence-corrected chi connectivity index (χ3v) is 3.15. The van der Waals surface area contributed by atoms with Gasteiger partial charge in [0.1, 0.15) is 18.5 Å².